The van der Waals surface area contributed by atoms with Crippen molar-refractivity contribution in [3.05, 3.63) is 0 Å². The quantitative estimate of drug-likeness (QED) is 0.736. The number of hydrogen-bond donors (Lipinski definition) is 1. The van der Waals surface area contributed by atoms with Gasteiger partial charge in [-0.2, -0.15) is 0 Å². The minimum absolute atomic E-state index is 0.0699. The molecular weight excluding hydrogens is 258 g/mol. The lowest BCUT2D eigenvalue weighted by Gasteiger charge is -2.39. The number of carbonyl (C=O) groups is 1. The standard InChI is InChI=1S/C11H21NO5S/c1-3-9(7-17-2)12-4-5-18(15,16)8-10(12)6-11(13)14/h9-10H,3-8H2,1-2H3,(H,13,14). The van der Waals surface area contributed by atoms with Crippen molar-refractivity contribution in [2.24, 2.45) is 0 Å². The van der Waals surface area contributed by atoms with Crippen molar-refractivity contribution in [2.75, 3.05) is 31.8 Å². The molecule has 0 spiro atoms. The molecule has 1 heterocycles. The number of rotatable bonds is 6. The summed E-state index contributed by atoms with van der Waals surface area (Å²) in [5, 5.41) is 8.89. The van der Waals surface area contributed by atoms with Crippen LogP contribution in [-0.2, 0) is 19.4 Å². The van der Waals surface area contributed by atoms with Crippen molar-refractivity contribution in [3.8, 4) is 0 Å². The Hall–Kier alpha value is -0.660. The second kappa shape index (κ2) is 6.49. The molecule has 1 rings (SSSR count). The van der Waals surface area contributed by atoms with E-state index in [-0.39, 0.29) is 24.0 Å². The van der Waals surface area contributed by atoms with E-state index in [0.717, 1.165) is 6.42 Å². The molecule has 0 amide bonds. The second-order valence-electron chi connectivity index (χ2n) is 4.62. The molecule has 106 valence electrons. The third-order valence-electron chi connectivity index (χ3n) is 3.29. The lowest BCUT2D eigenvalue weighted by Crippen LogP contribution is -2.54. The molecule has 0 aliphatic carbocycles. The summed E-state index contributed by atoms with van der Waals surface area (Å²) in [4.78, 5) is 12.8. The number of carboxylic acids is 1. The fourth-order valence-corrected chi connectivity index (χ4v) is 3.95. The molecule has 1 N–H and O–H groups in total. The first-order chi connectivity index (χ1) is 8.39. The van der Waals surface area contributed by atoms with Gasteiger partial charge in [0.05, 0.1) is 24.5 Å². The Bertz CT molecular complexity index is 381. The zero-order valence-corrected chi connectivity index (χ0v) is 11.6. The highest BCUT2D eigenvalue weighted by Gasteiger charge is 2.35. The summed E-state index contributed by atoms with van der Waals surface area (Å²) < 4.78 is 28.3. The van der Waals surface area contributed by atoms with E-state index >= 15 is 0 Å². The van der Waals surface area contributed by atoms with Crippen molar-refractivity contribution in [3.63, 3.8) is 0 Å². The zero-order valence-electron chi connectivity index (χ0n) is 10.8. The van der Waals surface area contributed by atoms with Crippen molar-refractivity contribution in [1.29, 1.82) is 0 Å². The van der Waals surface area contributed by atoms with Gasteiger partial charge in [-0.25, -0.2) is 8.42 Å². The third-order valence-corrected chi connectivity index (χ3v) is 4.98. The average Bonchev–Trinajstić information content (AvgIpc) is 2.25. The van der Waals surface area contributed by atoms with Crippen LogP contribution in [0.3, 0.4) is 0 Å². The Morgan fingerprint density at radius 3 is 2.72 bits per heavy atom. The van der Waals surface area contributed by atoms with Gasteiger partial charge in [-0.1, -0.05) is 6.92 Å². The SMILES string of the molecule is CCC(COC)N1CCS(=O)(=O)CC1CC(=O)O. The number of carboxylic acid groups (broad SMARTS) is 1. The van der Waals surface area contributed by atoms with Gasteiger partial charge in [0.15, 0.2) is 9.84 Å². The van der Waals surface area contributed by atoms with Crippen molar-refractivity contribution in [1.82, 2.24) is 4.90 Å². The molecule has 0 radical (unpaired) electrons. The van der Waals surface area contributed by atoms with Crippen LogP contribution < -0.4 is 0 Å². The van der Waals surface area contributed by atoms with Crippen molar-refractivity contribution >= 4 is 15.8 Å². The first kappa shape index (κ1) is 15.4. The molecule has 6 nitrogen and oxygen atoms in total. The summed E-state index contributed by atoms with van der Waals surface area (Å²) in [6, 6.07) is -0.365. The highest BCUT2D eigenvalue weighted by atomic mass is 32.2. The predicted octanol–water partition coefficient (Wildman–Crippen LogP) is -0.0149. The van der Waals surface area contributed by atoms with E-state index in [1.54, 1.807) is 7.11 Å². The molecular formula is C11H21NO5S. The highest BCUT2D eigenvalue weighted by molar-refractivity contribution is 7.91. The molecule has 1 saturated heterocycles. The Balaban J connectivity index is 2.82. The van der Waals surface area contributed by atoms with Crippen LogP contribution in [0.1, 0.15) is 19.8 Å². The number of nitrogens with zero attached hydrogens (tertiary/aromatic N) is 1. The molecule has 0 aromatic carbocycles. The number of sulfone groups is 1. The summed E-state index contributed by atoms with van der Waals surface area (Å²) in [5.74, 6) is -0.933. The van der Waals surface area contributed by atoms with E-state index in [2.05, 4.69) is 0 Å². The molecule has 1 fully saturated rings. The van der Waals surface area contributed by atoms with Gasteiger partial charge in [0.25, 0.3) is 0 Å². The fourth-order valence-electron chi connectivity index (χ4n) is 2.40. The van der Waals surface area contributed by atoms with Gasteiger partial charge in [0.1, 0.15) is 0 Å². The molecule has 7 heteroatoms. The first-order valence-electron chi connectivity index (χ1n) is 6.06. The third kappa shape index (κ3) is 4.22. The summed E-state index contributed by atoms with van der Waals surface area (Å²) in [7, 11) is -1.52. The van der Waals surface area contributed by atoms with Crippen LogP contribution in [0.15, 0.2) is 0 Å². The van der Waals surface area contributed by atoms with Gasteiger partial charge in [-0.05, 0) is 6.42 Å². The summed E-state index contributed by atoms with van der Waals surface area (Å²) in [5.41, 5.74) is 0. The highest BCUT2D eigenvalue weighted by Crippen LogP contribution is 2.19. The fraction of sp³-hybridized carbons (Fsp3) is 0.909. The van der Waals surface area contributed by atoms with Crippen molar-refractivity contribution in [2.45, 2.75) is 31.8 Å². The smallest absolute Gasteiger partial charge is 0.304 e. The van der Waals surface area contributed by atoms with Crippen LogP contribution in [0.2, 0.25) is 0 Å². The molecule has 18 heavy (non-hydrogen) atoms. The maximum atomic E-state index is 11.6. The second-order valence-corrected chi connectivity index (χ2v) is 6.85. The lowest BCUT2D eigenvalue weighted by atomic mass is 10.1. The zero-order chi connectivity index (χ0) is 13.8. The molecule has 2 atom stereocenters. The van der Waals surface area contributed by atoms with E-state index < -0.39 is 21.8 Å². The van der Waals surface area contributed by atoms with Gasteiger partial charge >= 0.3 is 5.97 Å². The Morgan fingerprint density at radius 2 is 2.22 bits per heavy atom. The lowest BCUT2D eigenvalue weighted by molar-refractivity contribution is -0.138. The number of methoxy groups -OCH3 is 1. The first-order valence-corrected chi connectivity index (χ1v) is 7.88. The van der Waals surface area contributed by atoms with Gasteiger partial charge in [0.2, 0.25) is 0 Å². The van der Waals surface area contributed by atoms with Gasteiger partial charge in [-0.15, -0.1) is 0 Å². The van der Waals surface area contributed by atoms with E-state index in [0.29, 0.717) is 13.2 Å². The van der Waals surface area contributed by atoms with Crippen LogP contribution in [0, 0.1) is 0 Å². The van der Waals surface area contributed by atoms with Crippen LogP contribution in [0.4, 0.5) is 0 Å². The normalized spacial score (nSPS) is 25.8. The largest absolute Gasteiger partial charge is 0.481 e. The topological polar surface area (TPSA) is 83.9 Å². The summed E-state index contributed by atoms with van der Waals surface area (Å²) >= 11 is 0. The minimum atomic E-state index is -3.11. The molecule has 1 aliphatic rings. The van der Waals surface area contributed by atoms with Crippen LogP contribution in [-0.4, -0.2) is 68.2 Å². The maximum Gasteiger partial charge on any atom is 0.304 e. The number of aliphatic carboxylic acids is 1. The van der Waals surface area contributed by atoms with E-state index in [4.69, 9.17) is 9.84 Å². The maximum absolute atomic E-state index is 11.6. The predicted molar refractivity (Wildman–Crippen MR) is 67.4 cm³/mol. The number of ether oxygens (including phenoxy) is 1. The molecule has 0 aromatic rings. The average molecular weight is 279 g/mol. The molecule has 0 bridgehead atoms. The summed E-state index contributed by atoms with van der Waals surface area (Å²) in [6.07, 6.45) is 0.670. The van der Waals surface area contributed by atoms with Gasteiger partial charge in [0, 0.05) is 25.7 Å². The van der Waals surface area contributed by atoms with Crippen LogP contribution in [0.5, 0.6) is 0 Å². The number of hydrogen-bond acceptors (Lipinski definition) is 5. The van der Waals surface area contributed by atoms with E-state index in [1.165, 1.54) is 0 Å². The molecule has 0 aromatic heterocycles. The van der Waals surface area contributed by atoms with Crippen LogP contribution in [0.25, 0.3) is 0 Å². The van der Waals surface area contributed by atoms with Gasteiger partial charge in [-0.3, -0.25) is 9.69 Å². The van der Waals surface area contributed by atoms with E-state index in [1.807, 2.05) is 11.8 Å². The Kier molecular flexibility index (Phi) is 5.55. The monoisotopic (exact) mass is 279 g/mol. The Labute approximate surface area is 108 Å². The molecule has 2 unspecified atom stereocenters. The molecule has 0 saturated carbocycles. The molecule has 1 aliphatic heterocycles. The minimum Gasteiger partial charge on any atom is -0.481 e. The van der Waals surface area contributed by atoms with Crippen molar-refractivity contribution < 1.29 is 23.1 Å². The van der Waals surface area contributed by atoms with Crippen LogP contribution >= 0.6 is 0 Å². The van der Waals surface area contributed by atoms with E-state index in [9.17, 15) is 13.2 Å². The van der Waals surface area contributed by atoms with Gasteiger partial charge < -0.3 is 9.84 Å². The Morgan fingerprint density at radius 1 is 1.56 bits per heavy atom. The summed E-state index contributed by atoms with van der Waals surface area (Å²) in [6.45, 7) is 2.87.